The van der Waals surface area contributed by atoms with Crippen LogP contribution in [0, 0.1) is 6.92 Å². The van der Waals surface area contributed by atoms with E-state index in [1.165, 1.54) is 6.92 Å². The van der Waals surface area contributed by atoms with Gasteiger partial charge in [0, 0.05) is 16.3 Å². The fourth-order valence-electron chi connectivity index (χ4n) is 2.42. The summed E-state index contributed by atoms with van der Waals surface area (Å²) in [5, 5.41) is 9.97. The van der Waals surface area contributed by atoms with E-state index in [2.05, 4.69) is 15.5 Å². The minimum absolute atomic E-state index is 0.174. The summed E-state index contributed by atoms with van der Waals surface area (Å²) in [6.45, 7) is 3.35. The smallest absolute Gasteiger partial charge is 0.357 e. The van der Waals surface area contributed by atoms with Gasteiger partial charge >= 0.3 is 5.97 Å². The molecule has 6 nitrogen and oxygen atoms in total. The van der Waals surface area contributed by atoms with E-state index in [4.69, 9.17) is 16.3 Å². The summed E-state index contributed by atoms with van der Waals surface area (Å²) in [5.41, 5.74) is 3.09. The highest BCUT2D eigenvalue weighted by Gasteiger charge is 2.21. The van der Waals surface area contributed by atoms with Crippen LogP contribution < -0.4 is 5.32 Å². The van der Waals surface area contributed by atoms with E-state index in [1.54, 1.807) is 24.3 Å². The number of anilines is 1. The van der Waals surface area contributed by atoms with Crippen molar-refractivity contribution in [2.45, 2.75) is 20.0 Å². The second-order valence-electron chi connectivity index (χ2n) is 6.03. The van der Waals surface area contributed by atoms with E-state index in [0.29, 0.717) is 16.4 Å². The monoisotopic (exact) mass is 383 g/mol. The summed E-state index contributed by atoms with van der Waals surface area (Å²) < 4.78 is 5.23. The van der Waals surface area contributed by atoms with Crippen molar-refractivity contribution >= 4 is 29.2 Å². The first-order valence-electron chi connectivity index (χ1n) is 8.33. The van der Waals surface area contributed by atoms with Gasteiger partial charge in [-0.15, -0.1) is 0 Å². The normalized spacial score (nSPS) is 11.7. The largest absolute Gasteiger partial charge is 0.448 e. The van der Waals surface area contributed by atoms with Gasteiger partial charge in [0.25, 0.3) is 5.91 Å². The molecule has 0 bridgehead atoms. The average molecular weight is 384 g/mol. The number of aryl methyl sites for hydroxylation is 1. The maximum Gasteiger partial charge on any atom is 0.357 e. The van der Waals surface area contributed by atoms with Crippen LogP contribution in [-0.2, 0) is 9.53 Å². The Labute approximate surface area is 161 Å². The van der Waals surface area contributed by atoms with Gasteiger partial charge in [-0.3, -0.25) is 9.89 Å². The summed E-state index contributed by atoms with van der Waals surface area (Å²) in [4.78, 5) is 24.6. The molecule has 3 rings (SSSR count). The van der Waals surface area contributed by atoms with Gasteiger partial charge in [-0.05, 0) is 37.6 Å². The maximum atomic E-state index is 12.3. The predicted molar refractivity (Wildman–Crippen MR) is 104 cm³/mol. The molecule has 7 heteroatoms. The predicted octanol–water partition coefficient (Wildman–Crippen LogP) is 4.22. The van der Waals surface area contributed by atoms with Gasteiger partial charge in [0.2, 0.25) is 0 Å². The maximum absolute atomic E-state index is 12.3. The third-order valence-electron chi connectivity index (χ3n) is 3.98. The number of halogens is 1. The molecule has 0 unspecified atom stereocenters. The lowest BCUT2D eigenvalue weighted by molar-refractivity contribution is -0.123. The van der Waals surface area contributed by atoms with Crippen LogP contribution in [0.1, 0.15) is 23.0 Å². The number of aromatic nitrogens is 2. The van der Waals surface area contributed by atoms with Crippen molar-refractivity contribution in [2.24, 2.45) is 0 Å². The average Bonchev–Trinajstić information content (AvgIpc) is 3.15. The molecule has 0 spiro atoms. The number of H-pyrrole nitrogens is 1. The second-order valence-corrected chi connectivity index (χ2v) is 6.47. The van der Waals surface area contributed by atoms with E-state index in [-0.39, 0.29) is 5.69 Å². The van der Waals surface area contributed by atoms with E-state index >= 15 is 0 Å². The SMILES string of the molecule is Cc1ccc(Cl)cc1NC(=O)[C@@H](C)OC(=O)c1cc(-c2ccccc2)n[nH]1. The zero-order valence-corrected chi connectivity index (χ0v) is 15.6. The molecule has 0 saturated carbocycles. The van der Waals surface area contributed by atoms with Crippen molar-refractivity contribution in [2.75, 3.05) is 5.32 Å². The topological polar surface area (TPSA) is 84.1 Å². The number of carbonyl (C=O) groups excluding carboxylic acids is 2. The Hall–Kier alpha value is -3.12. The van der Waals surface area contributed by atoms with E-state index < -0.39 is 18.0 Å². The zero-order chi connectivity index (χ0) is 19.4. The second kappa shape index (κ2) is 8.05. The van der Waals surface area contributed by atoms with E-state index in [9.17, 15) is 9.59 Å². The highest BCUT2D eigenvalue weighted by molar-refractivity contribution is 6.31. The Bertz CT molecular complexity index is 970. The molecule has 27 heavy (non-hydrogen) atoms. The molecule has 2 N–H and O–H groups in total. The van der Waals surface area contributed by atoms with Crippen molar-refractivity contribution in [3.05, 3.63) is 70.9 Å². The molecule has 0 radical (unpaired) electrons. The highest BCUT2D eigenvalue weighted by Crippen LogP contribution is 2.21. The molecule has 0 aliphatic heterocycles. The summed E-state index contributed by atoms with van der Waals surface area (Å²) in [7, 11) is 0. The van der Waals surface area contributed by atoms with Gasteiger partial charge in [-0.1, -0.05) is 48.0 Å². The number of nitrogens with zero attached hydrogens (tertiary/aromatic N) is 1. The van der Waals surface area contributed by atoms with Gasteiger partial charge in [0.15, 0.2) is 6.10 Å². The Morgan fingerprint density at radius 1 is 1.15 bits per heavy atom. The minimum atomic E-state index is -0.987. The lowest BCUT2D eigenvalue weighted by atomic mass is 10.1. The van der Waals surface area contributed by atoms with Crippen molar-refractivity contribution in [3.8, 4) is 11.3 Å². The number of aromatic amines is 1. The van der Waals surface area contributed by atoms with Gasteiger partial charge in [0.05, 0.1) is 5.69 Å². The minimum Gasteiger partial charge on any atom is -0.448 e. The fourth-order valence-corrected chi connectivity index (χ4v) is 2.60. The number of nitrogens with one attached hydrogen (secondary N) is 2. The molecule has 1 heterocycles. The number of rotatable bonds is 5. The molecular weight excluding hydrogens is 366 g/mol. The van der Waals surface area contributed by atoms with Crippen LogP contribution in [0.5, 0.6) is 0 Å². The number of hydrogen-bond donors (Lipinski definition) is 2. The van der Waals surface area contributed by atoms with Crippen molar-refractivity contribution < 1.29 is 14.3 Å². The van der Waals surface area contributed by atoms with E-state index in [1.807, 2.05) is 37.3 Å². The quantitative estimate of drug-likeness (QED) is 0.646. The fraction of sp³-hybridized carbons (Fsp3) is 0.150. The number of ether oxygens (including phenoxy) is 1. The molecule has 1 aromatic heterocycles. The zero-order valence-electron chi connectivity index (χ0n) is 14.8. The Morgan fingerprint density at radius 3 is 2.63 bits per heavy atom. The first-order valence-corrected chi connectivity index (χ1v) is 8.70. The van der Waals surface area contributed by atoms with Crippen molar-refractivity contribution in [1.29, 1.82) is 0 Å². The van der Waals surface area contributed by atoms with Crippen LogP contribution in [0.4, 0.5) is 5.69 Å². The molecule has 0 fully saturated rings. The molecule has 3 aromatic rings. The molecule has 0 aliphatic carbocycles. The standard InChI is InChI=1S/C20H18ClN3O3/c1-12-8-9-15(21)10-16(12)22-19(25)13(2)27-20(26)18-11-17(23-24-18)14-6-4-3-5-7-14/h3-11,13H,1-2H3,(H,22,25)(H,23,24)/t13-/m1/s1. The summed E-state index contributed by atoms with van der Waals surface area (Å²) in [6.07, 6.45) is -0.987. The van der Waals surface area contributed by atoms with Crippen molar-refractivity contribution in [3.63, 3.8) is 0 Å². The third-order valence-corrected chi connectivity index (χ3v) is 4.21. The highest BCUT2D eigenvalue weighted by atomic mass is 35.5. The molecule has 2 aromatic carbocycles. The Kier molecular flexibility index (Phi) is 5.57. The first-order chi connectivity index (χ1) is 12.9. The lowest BCUT2D eigenvalue weighted by Crippen LogP contribution is -2.30. The van der Waals surface area contributed by atoms with Crippen LogP contribution in [0.15, 0.2) is 54.6 Å². The molecule has 0 aliphatic rings. The number of hydrogen-bond acceptors (Lipinski definition) is 4. The van der Waals surface area contributed by atoms with Gasteiger partial charge in [-0.25, -0.2) is 4.79 Å². The van der Waals surface area contributed by atoms with Crippen molar-refractivity contribution in [1.82, 2.24) is 10.2 Å². The lowest BCUT2D eigenvalue weighted by Gasteiger charge is -2.14. The Morgan fingerprint density at radius 2 is 1.89 bits per heavy atom. The summed E-state index contributed by atoms with van der Waals surface area (Å²) in [6, 6.07) is 16.2. The molecule has 138 valence electrons. The summed E-state index contributed by atoms with van der Waals surface area (Å²) in [5.74, 6) is -1.10. The van der Waals surface area contributed by atoms with E-state index in [0.717, 1.165) is 11.1 Å². The van der Waals surface area contributed by atoms with Crippen LogP contribution in [-0.4, -0.2) is 28.2 Å². The molecular formula is C20H18ClN3O3. The van der Waals surface area contributed by atoms with Gasteiger partial charge < -0.3 is 10.1 Å². The number of amides is 1. The van der Waals surface area contributed by atoms with Crippen LogP contribution in [0.2, 0.25) is 5.02 Å². The third kappa shape index (κ3) is 4.54. The number of carbonyl (C=O) groups is 2. The summed E-state index contributed by atoms with van der Waals surface area (Å²) >= 11 is 5.95. The number of benzene rings is 2. The molecule has 1 amide bonds. The van der Waals surface area contributed by atoms with Crippen LogP contribution >= 0.6 is 11.6 Å². The first kappa shape index (κ1) is 18.7. The van der Waals surface area contributed by atoms with Crippen LogP contribution in [0.25, 0.3) is 11.3 Å². The Balaban J connectivity index is 1.64. The molecule has 1 atom stereocenters. The van der Waals surface area contributed by atoms with Gasteiger partial charge in [-0.2, -0.15) is 5.10 Å². The van der Waals surface area contributed by atoms with Gasteiger partial charge in [0.1, 0.15) is 5.69 Å². The van der Waals surface area contributed by atoms with Crippen LogP contribution in [0.3, 0.4) is 0 Å². The molecule has 0 saturated heterocycles. The number of esters is 1.